The smallest absolute Gasteiger partial charge is 0.336 e. The Balaban J connectivity index is 3.15. The van der Waals surface area contributed by atoms with Crippen LogP contribution in [0.5, 0.6) is 0 Å². The maximum atomic E-state index is 10.9. The van der Waals surface area contributed by atoms with Gasteiger partial charge in [-0.2, -0.15) is 12.6 Å². The zero-order valence-corrected chi connectivity index (χ0v) is 9.75. The van der Waals surface area contributed by atoms with Gasteiger partial charge in [0.2, 0.25) is 0 Å². The number of thiol groups is 1. The van der Waals surface area contributed by atoms with Crippen molar-refractivity contribution in [3.05, 3.63) is 39.9 Å². The summed E-state index contributed by atoms with van der Waals surface area (Å²) in [4.78, 5) is 10.9. The van der Waals surface area contributed by atoms with E-state index in [1.165, 1.54) is 0 Å². The lowest BCUT2D eigenvalue weighted by Gasteiger charge is -2.01. The first-order valence-corrected chi connectivity index (χ1v) is 5.38. The molecule has 0 aliphatic heterocycles. The lowest BCUT2D eigenvalue weighted by molar-refractivity contribution is 0.0696. The minimum Gasteiger partial charge on any atom is -0.478 e. The molecule has 0 aliphatic rings. The van der Waals surface area contributed by atoms with Gasteiger partial charge in [-0.3, -0.25) is 0 Å². The zero-order valence-electron chi connectivity index (χ0n) is 7.27. The number of aromatic carboxylic acids is 1. The number of hydrogen-bond acceptors (Lipinski definition) is 2. The second kappa shape index (κ2) is 5.22. The van der Waals surface area contributed by atoms with Crippen LogP contribution in [-0.4, -0.2) is 16.8 Å². The van der Waals surface area contributed by atoms with Crippen LogP contribution >= 0.6 is 28.6 Å². The first kappa shape index (κ1) is 11.3. The highest BCUT2D eigenvalue weighted by Crippen LogP contribution is 2.18. The predicted octanol–water partition coefficient (Wildman–Crippen LogP) is 3.09. The van der Waals surface area contributed by atoms with Crippen molar-refractivity contribution in [2.24, 2.45) is 0 Å². The van der Waals surface area contributed by atoms with Crippen LogP contribution in [0.1, 0.15) is 15.9 Å². The minimum atomic E-state index is -0.926. The van der Waals surface area contributed by atoms with Crippen molar-refractivity contribution in [2.75, 3.05) is 5.75 Å². The molecule has 0 saturated heterocycles. The predicted molar refractivity (Wildman–Crippen MR) is 64.0 cm³/mol. The van der Waals surface area contributed by atoms with Crippen molar-refractivity contribution in [2.45, 2.75) is 0 Å². The quantitative estimate of drug-likeness (QED) is 0.830. The molecular formula is C10H9BrO2S. The number of halogens is 1. The van der Waals surface area contributed by atoms with E-state index < -0.39 is 5.97 Å². The topological polar surface area (TPSA) is 37.3 Å². The summed E-state index contributed by atoms with van der Waals surface area (Å²) in [6.45, 7) is 0. The molecule has 0 spiro atoms. The van der Waals surface area contributed by atoms with Gasteiger partial charge in [0.15, 0.2) is 0 Å². The summed E-state index contributed by atoms with van der Waals surface area (Å²) >= 11 is 7.24. The summed E-state index contributed by atoms with van der Waals surface area (Å²) in [6, 6.07) is 5.15. The van der Waals surface area contributed by atoms with Crippen LogP contribution < -0.4 is 0 Å². The Bertz CT molecular complexity index is 374. The van der Waals surface area contributed by atoms with Gasteiger partial charge >= 0.3 is 5.97 Å². The molecule has 1 rings (SSSR count). The molecule has 0 heterocycles. The van der Waals surface area contributed by atoms with E-state index in [0.717, 1.165) is 4.47 Å². The highest BCUT2D eigenvalue weighted by atomic mass is 79.9. The first-order valence-electron chi connectivity index (χ1n) is 3.95. The van der Waals surface area contributed by atoms with E-state index in [-0.39, 0.29) is 5.56 Å². The molecule has 1 aromatic rings. The maximum Gasteiger partial charge on any atom is 0.336 e. The average molecular weight is 273 g/mol. The second-order valence-corrected chi connectivity index (χ2v) is 3.90. The SMILES string of the molecule is O=C(O)c1cc(Br)ccc1C=CCS. The molecule has 74 valence electrons. The molecule has 0 radical (unpaired) electrons. The van der Waals surface area contributed by atoms with E-state index in [2.05, 4.69) is 28.6 Å². The monoisotopic (exact) mass is 272 g/mol. The van der Waals surface area contributed by atoms with Gasteiger partial charge in [0.1, 0.15) is 0 Å². The third-order valence-electron chi connectivity index (χ3n) is 1.65. The molecule has 0 fully saturated rings. The van der Waals surface area contributed by atoms with Crippen molar-refractivity contribution in [3.8, 4) is 0 Å². The molecule has 1 N–H and O–H groups in total. The molecule has 4 heteroatoms. The Morgan fingerprint density at radius 3 is 2.86 bits per heavy atom. The van der Waals surface area contributed by atoms with Crippen LogP contribution in [0.2, 0.25) is 0 Å². The standard InChI is InChI=1S/C10H9BrO2S/c11-8-4-3-7(2-1-5-14)9(6-8)10(12)13/h1-4,6,14H,5H2,(H,12,13). The Morgan fingerprint density at radius 1 is 1.57 bits per heavy atom. The highest BCUT2D eigenvalue weighted by Gasteiger charge is 2.07. The van der Waals surface area contributed by atoms with E-state index in [9.17, 15) is 4.79 Å². The van der Waals surface area contributed by atoms with Crippen LogP contribution in [0.25, 0.3) is 6.08 Å². The van der Waals surface area contributed by atoms with E-state index in [0.29, 0.717) is 11.3 Å². The third-order valence-corrected chi connectivity index (χ3v) is 2.35. The molecule has 0 aliphatic carbocycles. The van der Waals surface area contributed by atoms with E-state index in [1.807, 2.05) is 6.07 Å². The van der Waals surface area contributed by atoms with Gasteiger partial charge in [-0.1, -0.05) is 34.1 Å². The van der Waals surface area contributed by atoms with Crippen LogP contribution in [0.4, 0.5) is 0 Å². The second-order valence-electron chi connectivity index (χ2n) is 2.62. The molecule has 1 aromatic carbocycles. The number of rotatable bonds is 3. The number of carbonyl (C=O) groups is 1. The first-order chi connectivity index (χ1) is 6.65. The van der Waals surface area contributed by atoms with Crippen molar-refractivity contribution in [1.82, 2.24) is 0 Å². The molecule has 0 bridgehead atoms. The third kappa shape index (κ3) is 2.89. The van der Waals surface area contributed by atoms with Crippen LogP contribution in [0.15, 0.2) is 28.7 Å². The minimum absolute atomic E-state index is 0.289. The molecule has 14 heavy (non-hydrogen) atoms. The summed E-state index contributed by atoms with van der Waals surface area (Å²) in [5, 5.41) is 8.92. The summed E-state index contributed by atoms with van der Waals surface area (Å²) in [5.41, 5.74) is 0.979. The van der Waals surface area contributed by atoms with Crippen LogP contribution in [0, 0.1) is 0 Å². The van der Waals surface area contributed by atoms with Gasteiger partial charge in [0.05, 0.1) is 5.56 Å². The Labute approximate surface area is 96.2 Å². The Kier molecular flexibility index (Phi) is 4.22. The fourth-order valence-electron chi connectivity index (χ4n) is 1.04. The summed E-state index contributed by atoms with van der Waals surface area (Å²) in [7, 11) is 0. The molecule has 2 nitrogen and oxygen atoms in total. The van der Waals surface area contributed by atoms with E-state index >= 15 is 0 Å². The fraction of sp³-hybridized carbons (Fsp3) is 0.100. The molecular weight excluding hydrogens is 264 g/mol. The summed E-state index contributed by atoms with van der Waals surface area (Å²) in [5.74, 6) is -0.333. The van der Waals surface area contributed by atoms with Crippen LogP contribution in [0.3, 0.4) is 0 Å². The van der Waals surface area contributed by atoms with Gasteiger partial charge in [0, 0.05) is 10.2 Å². The van der Waals surface area contributed by atoms with Crippen LogP contribution in [-0.2, 0) is 0 Å². The fourth-order valence-corrected chi connectivity index (χ4v) is 1.51. The number of carboxylic acids is 1. The Hall–Kier alpha value is -0.740. The number of hydrogen-bond donors (Lipinski definition) is 2. The molecule has 0 aromatic heterocycles. The largest absolute Gasteiger partial charge is 0.478 e. The lowest BCUT2D eigenvalue weighted by atomic mass is 10.1. The number of carboxylic acid groups (broad SMARTS) is 1. The molecule has 0 amide bonds. The van der Waals surface area contributed by atoms with Crippen molar-refractivity contribution >= 4 is 40.6 Å². The van der Waals surface area contributed by atoms with Crippen molar-refractivity contribution in [1.29, 1.82) is 0 Å². The Morgan fingerprint density at radius 2 is 2.29 bits per heavy atom. The molecule has 0 atom stereocenters. The van der Waals surface area contributed by atoms with Crippen molar-refractivity contribution < 1.29 is 9.90 Å². The van der Waals surface area contributed by atoms with E-state index in [1.54, 1.807) is 24.3 Å². The molecule has 0 unspecified atom stereocenters. The normalized spacial score (nSPS) is 10.7. The summed E-state index contributed by atoms with van der Waals surface area (Å²) in [6.07, 6.45) is 3.56. The molecule has 0 saturated carbocycles. The van der Waals surface area contributed by atoms with Gasteiger partial charge in [-0.25, -0.2) is 4.79 Å². The average Bonchev–Trinajstić information content (AvgIpc) is 2.15. The number of benzene rings is 1. The lowest BCUT2D eigenvalue weighted by Crippen LogP contribution is -1.99. The van der Waals surface area contributed by atoms with Gasteiger partial charge in [-0.15, -0.1) is 0 Å². The highest BCUT2D eigenvalue weighted by molar-refractivity contribution is 9.10. The van der Waals surface area contributed by atoms with Crippen molar-refractivity contribution in [3.63, 3.8) is 0 Å². The van der Waals surface area contributed by atoms with E-state index in [4.69, 9.17) is 5.11 Å². The van der Waals surface area contributed by atoms with Gasteiger partial charge in [-0.05, 0) is 17.7 Å². The maximum absolute atomic E-state index is 10.9. The zero-order chi connectivity index (χ0) is 10.6. The van der Waals surface area contributed by atoms with Gasteiger partial charge < -0.3 is 5.11 Å². The summed E-state index contributed by atoms with van der Waals surface area (Å²) < 4.78 is 0.762. The van der Waals surface area contributed by atoms with Gasteiger partial charge in [0.25, 0.3) is 0 Å².